The molecule has 0 radical (unpaired) electrons. The molecular weight excluding hydrogens is 455 g/mol. The van der Waals surface area contributed by atoms with Crippen molar-refractivity contribution >= 4 is 33.4 Å². The predicted molar refractivity (Wildman–Crippen MR) is 104 cm³/mol. The van der Waals surface area contributed by atoms with Crippen molar-refractivity contribution in [2.75, 3.05) is 31.5 Å². The third kappa shape index (κ3) is 5.94. The molecule has 2 aromatic carbocycles. The number of hydrogen-bond donors (Lipinski definition) is 2. The fourth-order valence-electron chi connectivity index (χ4n) is 2.74. The number of nitrogens with zero attached hydrogens (tertiary/aromatic N) is 1. The second-order valence-corrected chi connectivity index (χ2v) is 7.29. The van der Waals surface area contributed by atoms with E-state index in [9.17, 15) is 22.8 Å². The molecule has 10 heteroatoms. The zero-order valence-corrected chi connectivity index (χ0v) is 16.6. The number of amides is 2. The van der Waals surface area contributed by atoms with Gasteiger partial charge in [0.25, 0.3) is 0 Å². The fourth-order valence-corrected chi connectivity index (χ4v) is 3.01. The first-order valence-corrected chi connectivity index (χ1v) is 9.43. The summed E-state index contributed by atoms with van der Waals surface area (Å²) in [5, 5.41) is 5.11. The van der Waals surface area contributed by atoms with Crippen LogP contribution in [0, 0.1) is 0 Å². The second-order valence-electron chi connectivity index (χ2n) is 6.37. The molecule has 29 heavy (non-hydrogen) atoms. The maximum absolute atomic E-state index is 13.1. The molecule has 0 aliphatic carbocycles. The van der Waals surface area contributed by atoms with Crippen molar-refractivity contribution in [1.29, 1.82) is 0 Å². The minimum atomic E-state index is -4.57. The van der Waals surface area contributed by atoms with Crippen LogP contribution in [-0.2, 0) is 15.8 Å². The molecular formula is C19H17BrF3N3O3. The Morgan fingerprint density at radius 1 is 1.21 bits per heavy atom. The molecule has 0 aromatic heterocycles. The van der Waals surface area contributed by atoms with Gasteiger partial charge < -0.3 is 15.4 Å². The highest BCUT2D eigenvalue weighted by Crippen LogP contribution is 2.37. The summed E-state index contributed by atoms with van der Waals surface area (Å²) in [6, 6.07) is 9.60. The highest BCUT2D eigenvalue weighted by atomic mass is 79.9. The largest absolute Gasteiger partial charge is 0.455 e. The van der Waals surface area contributed by atoms with E-state index in [1.54, 1.807) is 29.2 Å². The number of hydrogen-bond acceptors (Lipinski definition) is 4. The van der Waals surface area contributed by atoms with Gasteiger partial charge in [-0.2, -0.15) is 13.2 Å². The number of halogens is 4. The Hall–Kier alpha value is -2.59. The summed E-state index contributed by atoms with van der Waals surface area (Å²) in [6.45, 7) is 0.817. The average Bonchev–Trinajstić information content (AvgIpc) is 2.64. The number of nitrogens with one attached hydrogen (secondary N) is 2. The van der Waals surface area contributed by atoms with Gasteiger partial charge in [-0.05, 0) is 42.5 Å². The van der Waals surface area contributed by atoms with Crippen LogP contribution in [0.5, 0.6) is 11.5 Å². The van der Waals surface area contributed by atoms with Gasteiger partial charge in [0.05, 0.1) is 24.3 Å². The van der Waals surface area contributed by atoms with Gasteiger partial charge in [0.1, 0.15) is 5.75 Å². The SMILES string of the molecule is O=C1CN(CC(=O)Nc2cc(C(F)(F)F)ccc2Oc2ccc(Br)cc2)CCN1. The van der Waals surface area contributed by atoms with Gasteiger partial charge >= 0.3 is 6.18 Å². The molecule has 2 N–H and O–H groups in total. The molecule has 2 amide bonds. The van der Waals surface area contributed by atoms with Crippen LogP contribution in [0.4, 0.5) is 18.9 Å². The second kappa shape index (κ2) is 8.83. The van der Waals surface area contributed by atoms with E-state index in [-0.39, 0.29) is 30.4 Å². The maximum atomic E-state index is 13.1. The predicted octanol–water partition coefficient (Wildman–Crippen LogP) is 3.63. The fraction of sp³-hybridized carbons (Fsp3) is 0.263. The molecule has 0 atom stereocenters. The van der Waals surface area contributed by atoms with Gasteiger partial charge in [-0.25, -0.2) is 0 Å². The van der Waals surface area contributed by atoms with E-state index in [1.807, 2.05) is 0 Å². The van der Waals surface area contributed by atoms with Crippen LogP contribution < -0.4 is 15.4 Å². The van der Waals surface area contributed by atoms with Crippen molar-refractivity contribution in [1.82, 2.24) is 10.2 Å². The van der Waals surface area contributed by atoms with Crippen LogP contribution in [0.2, 0.25) is 0 Å². The van der Waals surface area contributed by atoms with Crippen LogP contribution >= 0.6 is 15.9 Å². The van der Waals surface area contributed by atoms with E-state index >= 15 is 0 Å². The normalized spacial score (nSPS) is 15.0. The molecule has 1 aliphatic heterocycles. The Morgan fingerprint density at radius 3 is 2.59 bits per heavy atom. The topological polar surface area (TPSA) is 70.7 Å². The summed E-state index contributed by atoms with van der Waals surface area (Å²) in [5.41, 5.74) is -1.01. The van der Waals surface area contributed by atoms with Crippen LogP contribution in [0.3, 0.4) is 0 Å². The molecule has 1 fully saturated rings. The van der Waals surface area contributed by atoms with Crippen LogP contribution in [0.1, 0.15) is 5.56 Å². The van der Waals surface area contributed by atoms with Gasteiger partial charge in [0.15, 0.2) is 5.75 Å². The average molecular weight is 472 g/mol. The van der Waals surface area contributed by atoms with E-state index in [2.05, 4.69) is 26.6 Å². The molecule has 0 saturated carbocycles. The Balaban J connectivity index is 1.80. The summed E-state index contributed by atoms with van der Waals surface area (Å²) in [7, 11) is 0. The molecule has 1 aliphatic rings. The molecule has 3 rings (SSSR count). The first-order chi connectivity index (χ1) is 13.7. The minimum Gasteiger partial charge on any atom is -0.455 e. The number of anilines is 1. The molecule has 154 valence electrons. The van der Waals surface area contributed by atoms with Crippen molar-refractivity contribution in [3.63, 3.8) is 0 Å². The van der Waals surface area contributed by atoms with E-state index in [1.165, 1.54) is 0 Å². The molecule has 1 saturated heterocycles. The summed E-state index contributed by atoms with van der Waals surface area (Å²) in [5.74, 6) is -0.275. The summed E-state index contributed by atoms with van der Waals surface area (Å²) in [6.07, 6.45) is -4.57. The summed E-state index contributed by atoms with van der Waals surface area (Å²) in [4.78, 5) is 25.4. The van der Waals surface area contributed by atoms with Gasteiger partial charge in [-0.1, -0.05) is 15.9 Å². The van der Waals surface area contributed by atoms with Crippen molar-refractivity contribution < 1.29 is 27.5 Å². The number of ether oxygens (including phenoxy) is 1. The van der Waals surface area contributed by atoms with Gasteiger partial charge in [-0.15, -0.1) is 0 Å². The van der Waals surface area contributed by atoms with Crippen LogP contribution in [0.15, 0.2) is 46.9 Å². The third-order valence-corrected chi connectivity index (χ3v) is 4.64. The molecule has 6 nitrogen and oxygen atoms in total. The van der Waals surface area contributed by atoms with Crippen molar-refractivity contribution in [3.05, 3.63) is 52.5 Å². The Kier molecular flexibility index (Phi) is 6.43. The van der Waals surface area contributed by atoms with E-state index in [0.717, 1.165) is 22.7 Å². The van der Waals surface area contributed by atoms with E-state index < -0.39 is 17.6 Å². The zero-order chi connectivity index (χ0) is 21.0. The van der Waals surface area contributed by atoms with Crippen molar-refractivity contribution in [2.24, 2.45) is 0 Å². The van der Waals surface area contributed by atoms with E-state index in [4.69, 9.17) is 4.74 Å². The maximum Gasteiger partial charge on any atom is 0.416 e. The summed E-state index contributed by atoms with van der Waals surface area (Å²) >= 11 is 3.29. The monoisotopic (exact) mass is 471 g/mol. The molecule has 1 heterocycles. The van der Waals surface area contributed by atoms with Crippen molar-refractivity contribution in [2.45, 2.75) is 6.18 Å². The summed E-state index contributed by atoms with van der Waals surface area (Å²) < 4.78 is 45.8. The minimum absolute atomic E-state index is 0.0538. The molecule has 0 spiro atoms. The Morgan fingerprint density at radius 2 is 1.93 bits per heavy atom. The zero-order valence-electron chi connectivity index (χ0n) is 15.1. The number of piperazine rings is 1. The molecule has 0 bridgehead atoms. The quantitative estimate of drug-likeness (QED) is 0.698. The number of benzene rings is 2. The highest BCUT2D eigenvalue weighted by molar-refractivity contribution is 9.10. The van der Waals surface area contributed by atoms with Gasteiger partial charge in [0, 0.05) is 17.6 Å². The van der Waals surface area contributed by atoms with E-state index in [0.29, 0.717) is 18.8 Å². The smallest absolute Gasteiger partial charge is 0.416 e. The first-order valence-electron chi connectivity index (χ1n) is 8.64. The standard InChI is InChI=1S/C19H17BrF3N3O3/c20-13-2-4-14(5-3-13)29-16-6-1-12(19(21,22)23)9-15(16)25-18(28)11-26-8-7-24-17(27)10-26/h1-6,9H,7-8,10-11H2,(H,24,27)(H,25,28). The first kappa shape index (κ1) is 21.1. The lowest BCUT2D eigenvalue weighted by Gasteiger charge is -2.25. The lowest BCUT2D eigenvalue weighted by Crippen LogP contribution is -2.49. The molecule has 0 unspecified atom stereocenters. The van der Waals surface area contributed by atoms with Crippen LogP contribution in [0.25, 0.3) is 0 Å². The van der Waals surface area contributed by atoms with Gasteiger partial charge in [-0.3, -0.25) is 14.5 Å². The third-order valence-electron chi connectivity index (χ3n) is 4.11. The lowest BCUT2D eigenvalue weighted by molar-refractivity contribution is -0.137. The number of carbonyl (C=O) groups is 2. The Labute approximate surface area is 173 Å². The lowest BCUT2D eigenvalue weighted by atomic mass is 10.1. The highest BCUT2D eigenvalue weighted by Gasteiger charge is 2.31. The molecule has 2 aromatic rings. The van der Waals surface area contributed by atoms with Crippen LogP contribution in [-0.4, -0.2) is 42.9 Å². The van der Waals surface area contributed by atoms with Crippen molar-refractivity contribution in [3.8, 4) is 11.5 Å². The van der Waals surface area contributed by atoms with Gasteiger partial charge in [0.2, 0.25) is 11.8 Å². The number of rotatable bonds is 5. The number of carbonyl (C=O) groups excluding carboxylic acids is 2. The Bertz CT molecular complexity index is 904. The number of alkyl halides is 3.